The zero-order valence-electron chi connectivity index (χ0n) is 33.6. The summed E-state index contributed by atoms with van der Waals surface area (Å²) in [5.41, 5.74) is 15.7. The van der Waals surface area contributed by atoms with E-state index in [1.165, 1.54) is 5.39 Å². The normalized spacial score (nSPS) is 15.9. The highest BCUT2D eigenvalue weighted by Crippen LogP contribution is 2.32. The maximum atomic E-state index is 6.56. The van der Waals surface area contributed by atoms with Crippen LogP contribution in [0.5, 0.6) is 0 Å². The van der Waals surface area contributed by atoms with Crippen molar-refractivity contribution in [3.8, 4) is 56.4 Å². The molecule has 1 heterocycles. The number of rotatable bonds is 9. The molecule has 290 valence electrons. The summed E-state index contributed by atoms with van der Waals surface area (Å²) in [4.78, 5) is 24.7. The van der Waals surface area contributed by atoms with Gasteiger partial charge in [-0.05, 0) is 58.0 Å². The molecular formula is C54H44N6. The van der Waals surface area contributed by atoms with Crippen LogP contribution in [-0.2, 0) is 0 Å². The van der Waals surface area contributed by atoms with E-state index in [1.54, 1.807) is 0 Å². The second-order valence-electron chi connectivity index (χ2n) is 15.2. The zero-order valence-corrected chi connectivity index (χ0v) is 33.6. The van der Waals surface area contributed by atoms with Crippen LogP contribution in [0.25, 0.3) is 67.2 Å². The van der Waals surface area contributed by atoms with Gasteiger partial charge in [0.2, 0.25) is 0 Å². The summed E-state index contributed by atoms with van der Waals surface area (Å²) in [5.74, 6) is 3.65. The van der Waals surface area contributed by atoms with Crippen molar-refractivity contribution in [1.29, 1.82) is 0 Å². The SMILES string of the molecule is CC1C=CC=CC1C(C)N=C(N=C(N)c1ccccc1)c1ccc(-c2ccc3ccc(-c4ccc(-c5nc(-c6ccccc6)nc(-c6ccccc6)n5)cc4)cc3c2)cc1. The lowest BCUT2D eigenvalue weighted by Crippen LogP contribution is -2.23. The van der Waals surface area contributed by atoms with Crippen LogP contribution in [0, 0.1) is 11.8 Å². The molecule has 6 heteroatoms. The van der Waals surface area contributed by atoms with Crippen molar-refractivity contribution in [3.05, 3.63) is 211 Å². The Balaban J connectivity index is 0.995. The van der Waals surface area contributed by atoms with Crippen molar-refractivity contribution in [2.24, 2.45) is 27.6 Å². The van der Waals surface area contributed by atoms with E-state index in [2.05, 4.69) is 123 Å². The van der Waals surface area contributed by atoms with Crippen molar-refractivity contribution in [2.75, 3.05) is 0 Å². The number of aromatic nitrogens is 3. The molecule has 0 saturated heterocycles. The monoisotopic (exact) mass is 776 g/mol. The van der Waals surface area contributed by atoms with Crippen LogP contribution >= 0.6 is 0 Å². The molecule has 60 heavy (non-hydrogen) atoms. The number of hydrogen-bond acceptors (Lipinski definition) is 4. The molecule has 2 N–H and O–H groups in total. The Morgan fingerprint density at radius 2 is 0.933 bits per heavy atom. The molecule has 1 aliphatic rings. The lowest BCUT2D eigenvalue weighted by atomic mass is 9.85. The third-order valence-corrected chi connectivity index (χ3v) is 11.1. The Labute approximate surface area is 351 Å². The maximum absolute atomic E-state index is 6.56. The molecule has 1 aliphatic carbocycles. The van der Waals surface area contributed by atoms with Gasteiger partial charge in [-0.1, -0.05) is 195 Å². The average Bonchev–Trinajstić information content (AvgIpc) is 3.32. The quantitative estimate of drug-likeness (QED) is 0.117. The van der Waals surface area contributed by atoms with Crippen molar-refractivity contribution in [1.82, 2.24) is 15.0 Å². The van der Waals surface area contributed by atoms with E-state index in [0.29, 0.717) is 35.1 Å². The van der Waals surface area contributed by atoms with Gasteiger partial charge in [-0.3, -0.25) is 4.99 Å². The van der Waals surface area contributed by atoms with Crippen molar-refractivity contribution >= 4 is 22.4 Å². The second-order valence-corrected chi connectivity index (χ2v) is 15.2. The highest BCUT2D eigenvalue weighted by Gasteiger charge is 2.22. The van der Waals surface area contributed by atoms with Crippen LogP contribution in [0.3, 0.4) is 0 Å². The first-order valence-electron chi connectivity index (χ1n) is 20.4. The third-order valence-electron chi connectivity index (χ3n) is 11.1. The highest BCUT2D eigenvalue weighted by molar-refractivity contribution is 6.11. The minimum absolute atomic E-state index is 0.0121. The molecule has 3 atom stereocenters. The minimum atomic E-state index is 0.0121. The summed E-state index contributed by atoms with van der Waals surface area (Å²) in [5, 5.41) is 2.34. The molecule has 0 spiro atoms. The first-order chi connectivity index (χ1) is 29.4. The number of aliphatic imine (C=N–C) groups is 2. The van der Waals surface area contributed by atoms with E-state index in [-0.39, 0.29) is 12.0 Å². The molecule has 0 saturated carbocycles. The number of benzene rings is 7. The molecule has 0 fully saturated rings. The lowest BCUT2D eigenvalue weighted by molar-refractivity contribution is 0.436. The molecule has 8 aromatic rings. The van der Waals surface area contributed by atoms with E-state index in [9.17, 15) is 0 Å². The van der Waals surface area contributed by atoms with Gasteiger partial charge in [0.1, 0.15) is 5.84 Å². The molecule has 0 bridgehead atoms. The van der Waals surface area contributed by atoms with E-state index in [4.69, 9.17) is 30.7 Å². The molecule has 1 aromatic heterocycles. The smallest absolute Gasteiger partial charge is 0.164 e. The van der Waals surface area contributed by atoms with Gasteiger partial charge in [0.25, 0.3) is 0 Å². The van der Waals surface area contributed by atoms with E-state index in [1.807, 2.05) is 91.0 Å². The highest BCUT2D eigenvalue weighted by atomic mass is 15.0. The Bertz CT molecular complexity index is 2820. The van der Waals surface area contributed by atoms with Gasteiger partial charge in [0.05, 0.1) is 6.04 Å². The minimum Gasteiger partial charge on any atom is -0.383 e. The Hall–Kier alpha value is -7.57. The fourth-order valence-electron chi connectivity index (χ4n) is 7.74. The average molecular weight is 777 g/mol. The first-order valence-corrected chi connectivity index (χ1v) is 20.4. The zero-order chi connectivity index (χ0) is 40.8. The van der Waals surface area contributed by atoms with Crippen LogP contribution in [0.1, 0.15) is 25.0 Å². The van der Waals surface area contributed by atoms with E-state index >= 15 is 0 Å². The summed E-state index contributed by atoms with van der Waals surface area (Å²) in [6, 6.07) is 60.2. The van der Waals surface area contributed by atoms with Crippen molar-refractivity contribution in [2.45, 2.75) is 19.9 Å². The molecule has 0 radical (unpaired) electrons. The lowest BCUT2D eigenvalue weighted by Gasteiger charge is -2.24. The van der Waals surface area contributed by atoms with E-state index in [0.717, 1.165) is 55.5 Å². The number of fused-ring (bicyclic) bond motifs is 1. The Morgan fingerprint density at radius 3 is 1.47 bits per heavy atom. The van der Waals surface area contributed by atoms with Crippen molar-refractivity contribution in [3.63, 3.8) is 0 Å². The number of allylic oxidation sites excluding steroid dienone is 3. The summed E-state index contributed by atoms with van der Waals surface area (Å²) in [6.45, 7) is 4.39. The molecular weight excluding hydrogens is 733 g/mol. The summed E-state index contributed by atoms with van der Waals surface area (Å²) in [6.07, 6.45) is 8.69. The molecule has 0 aliphatic heterocycles. The van der Waals surface area contributed by atoms with Gasteiger partial charge < -0.3 is 5.73 Å². The predicted octanol–water partition coefficient (Wildman–Crippen LogP) is 12.3. The molecule has 0 amide bonds. The summed E-state index contributed by atoms with van der Waals surface area (Å²) >= 11 is 0. The largest absolute Gasteiger partial charge is 0.383 e. The first kappa shape index (κ1) is 38.0. The summed E-state index contributed by atoms with van der Waals surface area (Å²) in [7, 11) is 0. The van der Waals surface area contributed by atoms with Crippen LogP contribution < -0.4 is 5.73 Å². The van der Waals surface area contributed by atoms with Gasteiger partial charge in [-0.25, -0.2) is 19.9 Å². The van der Waals surface area contributed by atoms with Crippen LogP contribution in [0.15, 0.2) is 210 Å². The Morgan fingerprint density at radius 1 is 0.483 bits per heavy atom. The van der Waals surface area contributed by atoms with Crippen LogP contribution in [0.2, 0.25) is 0 Å². The number of nitrogens with two attached hydrogens (primary N) is 1. The van der Waals surface area contributed by atoms with Crippen LogP contribution in [-0.4, -0.2) is 32.7 Å². The van der Waals surface area contributed by atoms with Crippen molar-refractivity contribution < 1.29 is 0 Å². The van der Waals surface area contributed by atoms with E-state index < -0.39 is 0 Å². The number of amidine groups is 2. The summed E-state index contributed by atoms with van der Waals surface area (Å²) < 4.78 is 0. The molecule has 3 unspecified atom stereocenters. The third kappa shape index (κ3) is 8.36. The topological polar surface area (TPSA) is 89.4 Å². The molecule has 9 rings (SSSR count). The van der Waals surface area contributed by atoms with Crippen LogP contribution in [0.4, 0.5) is 0 Å². The molecule has 6 nitrogen and oxygen atoms in total. The Kier molecular flexibility index (Phi) is 10.8. The standard InChI is InChI=1S/C54H44N6/c1-36-14-12-13-21-49(36)37(2)56-51(57-50(55)41-15-6-3-7-16-41)44-28-22-38(23-29-44)46-32-26-40-27-33-47(35-48(40)34-46)39-24-30-45(31-25-39)54-59-52(42-17-8-4-9-18-42)58-53(60-54)43-19-10-5-11-20-43/h3-37,49H,1-2H3,(H2,55,56,57). The van der Waals surface area contributed by atoms with Gasteiger partial charge in [-0.15, -0.1) is 0 Å². The fraction of sp³-hybridized carbons (Fsp3) is 0.0926. The van der Waals surface area contributed by atoms with Gasteiger partial charge in [-0.2, -0.15) is 0 Å². The number of hydrogen-bond donors (Lipinski definition) is 1. The molecule has 7 aromatic carbocycles. The predicted molar refractivity (Wildman–Crippen MR) is 249 cm³/mol. The fourth-order valence-corrected chi connectivity index (χ4v) is 7.74. The van der Waals surface area contributed by atoms with Gasteiger partial charge >= 0.3 is 0 Å². The number of nitrogens with zero attached hydrogens (tertiary/aromatic N) is 5. The second kappa shape index (κ2) is 17.1. The van der Waals surface area contributed by atoms with Gasteiger partial charge in [0, 0.05) is 33.7 Å². The van der Waals surface area contributed by atoms with Gasteiger partial charge in [0.15, 0.2) is 23.3 Å². The maximum Gasteiger partial charge on any atom is 0.164 e.